The van der Waals surface area contributed by atoms with Gasteiger partial charge in [-0.2, -0.15) is 0 Å². The van der Waals surface area contributed by atoms with Crippen LogP contribution in [0.1, 0.15) is 63.9 Å². The van der Waals surface area contributed by atoms with Crippen molar-refractivity contribution in [3.8, 4) is 28.3 Å². The van der Waals surface area contributed by atoms with Crippen LogP contribution >= 0.6 is 0 Å². The zero-order valence-corrected chi connectivity index (χ0v) is 36.3. The summed E-state index contributed by atoms with van der Waals surface area (Å²) in [6.07, 6.45) is 0.328. The van der Waals surface area contributed by atoms with Gasteiger partial charge in [0.25, 0.3) is 0 Å². The number of furan rings is 1. The summed E-state index contributed by atoms with van der Waals surface area (Å²) in [5.41, 5.74) is 9.79. The number of aryl methyl sites for hydroxylation is 2. The third-order valence-electron chi connectivity index (χ3n) is 9.46. The average molecular weight is 924 g/mol. The smallest absolute Gasteiger partial charge is 0.216 e. The van der Waals surface area contributed by atoms with Gasteiger partial charge in [-0.1, -0.05) is 108 Å². The number of aromatic nitrogens is 4. The first-order chi connectivity index (χ1) is 27.6. The molecule has 0 N–H and O–H groups in total. The molecule has 0 aliphatic rings. The van der Waals surface area contributed by atoms with Crippen LogP contribution in [0.3, 0.4) is 0 Å². The number of imidazole rings is 1. The predicted molar refractivity (Wildman–Crippen MR) is 229 cm³/mol. The maximum Gasteiger partial charge on any atom is 0.216 e. The maximum absolute atomic E-state index is 8.59. The van der Waals surface area contributed by atoms with Crippen LogP contribution in [0, 0.1) is 31.8 Å². The van der Waals surface area contributed by atoms with Gasteiger partial charge in [0, 0.05) is 49.9 Å². The molecule has 4 aromatic carbocycles. The summed E-state index contributed by atoms with van der Waals surface area (Å²) in [6, 6.07) is 37.9. The van der Waals surface area contributed by atoms with Crippen molar-refractivity contribution in [2.45, 2.75) is 79.8 Å². The van der Waals surface area contributed by atoms with Crippen molar-refractivity contribution in [3.05, 3.63) is 138 Å². The molecule has 0 unspecified atom stereocenters. The quantitative estimate of drug-likeness (QED) is 0.123. The van der Waals surface area contributed by atoms with Gasteiger partial charge in [0.05, 0.1) is 30.5 Å². The first kappa shape index (κ1) is 33.6. The molecule has 5 nitrogen and oxygen atoms in total. The molecule has 283 valence electrons. The molecule has 0 spiro atoms. The van der Waals surface area contributed by atoms with Gasteiger partial charge in [0.15, 0.2) is 0 Å². The van der Waals surface area contributed by atoms with Gasteiger partial charge in [-0.05, 0) is 77.5 Å². The van der Waals surface area contributed by atoms with E-state index in [1.807, 2.05) is 63.2 Å². The Labute approximate surface area is 347 Å². The summed E-state index contributed by atoms with van der Waals surface area (Å²) in [4.78, 5) is 14.2. The number of para-hydroxylation sites is 2. The Kier molecular flexibility index (Phi) is 9.67. The molecule has 0 amide bonds. The van der Waals surface area contributed by atoms with Crippen LogP contribution in [-0.4, -0.2) is 27.6 Å². The van der Waals surface area contributed by atoms with Crippen LogP contribution in [0.25, 0.3) is 61.4 Å². The minimum absolute atomic E-state index is 0. The maximum atomic E-state index is 8.59. The van der Waals surface area contributed by atoms with Crippen molar-refractivity contribution < 1.29 is 31.4 Å². The van der Waals surface area contributed by atoms with Gasteiger partial charge in [0.2, 0.25) is 5.71 Å². The molecule has 0 saturated heterocycles. The Morgan fingerprint density at radius 1 is 0.909 bits per heavy atom. The van der Waals surface area contributed by atoms with Crippen molar-refractivity contribution in [1.82, 2.24) is 19.5 Å². The van der Waals surface area contributed by atoms with Gasteiger partial charge < -0.3 is 14.0 Å². The predicted octanol–water partition coefficient (Wildman–Crippen LogP) is 12.0. The van der Waals surface area contributed by atoms with Crippen molar-refractivity contribution in [1.29, 1.82) is 0 Å². The second-order valence-electron chi connectivity index (χ2n) is 16.2. The van der Waals surface area contributed by atoms with Gasteiger partial charge in [-0.15, -0.1) is 53.6 Å². The van der Waals surface area contributed by atoms with E-state index in [0.29, 0.717) is 22.5 Å². The zero-order valence-electron chi connectivity index (χ0n) is 37.9. The Morgan fingerprint density at radius 3 is 2.35 bits per heavy atom. The number of fused-ring (bicyclic) bond motifs is 4. The first-order valence-electron chi connectivity index (χ1n) is 21.0. The van der Waals surface area contributed by atoms with Crippen LogP contribution in [0.15, 0.2) is 108 Å². The number of benzene rings is 4. The fourth-order valence-electron chi connectivity index (χ4n) is 6.66. The van der Waals surface area contributed by atoms with Crippen LogP contribution in [-0.2, 0) is 31.9 Å². The fourth-order valence-corrected chi connectivity index (χ4v) is 8.07. The van der Waals surface area contributed by atoms with E-state index in [1.54, 1.807) is 18.3 Å². The van der Waals surface area contributed by atoms with Gasteiger partial charge in [-0.3, -0.25) is 4.98 Å². The second kappa shape index (κ2) is 15.8. The molecule has 55 heavy (non-hydrogen) atoms. The van der Waals surface area contributed by atoms with Crippen molar-refractivity contribution >= 4 is 46.4 Å². The van der Waals surface area contributed by atoms with E-state index < -0.39 is 21.3 Å². The monoisotopic (exact) mass is 924 g/mol. The Balaban J connectivity index is 0.000000204. The van der Waals surface area contributed by atoms with Gasteiger partial charge in [-0.25, -0.2) is 4.98 Å². The number of hydrogen-bond donors (Lipinski definition) is 0. The summed E-state index contributed by atoms with van der Waals surface area (Å²) < 4.78 is 48.0. The number of hydrogen-bond acceptors (Lipinski definition) is 4. The zero-order chi connectivity index (χ0) is 42.7. The molecule has 1 radical (unpaired) electrons. The molecule has 8 rings (SSSR count). The SMILES string of the molecule is Cc1ccc2c(n1)oc1c(-c3nc4ccccc4n3-c3ccc(C(C)(C)C)cc3)[c-]ccc12.[2H]C([2H])([2H])c1c[c-]c(-c2cc(C([2H])([2H])C(C)C)c([Si](C)(C)C)cn2)cc1.[Ir]. The van der Waals surface area contributed by atoms with E-state index in [2.05, 4.69) is 103 Å². The standard InChI is InChI=1S/C29H24N3O.C19H26NSi.Ir/c1-18-12-17-22-21-8-7-9-23(26(21)33-28(22)30-18)27-31-24-10-5-6-11-25(24)32(27)20-15-13-19(14-16-20)29(2,3)4;1-14(2)11-17-12-18(16-9-7-15(3)8-10-16)20-13-19(17)21(4,5)6;/h5-8,10-17H,1-4H3;7-9,12-14H,11H2,1-6H3;/q2*-1;/i;3D3,11D2;. The summed E-state index contributed by atoms with van der Waals surface area (Å²) in [7, 11) is -1.78. The molecule has 0 saturated carbocycles. The van der Waals surface area contributed by atoms with Crippen molar-refractivity contribution in [2.24, 2.45) is 5.92 Å². The average Bonchev–Trinajstić information content (AvgIpc) is 3.75. The summed E-state index contributed by atoms with van der Waals surface area (Å²) >= 11 is 0. The van der Waals surface area contributed by atoms with Crippen molar-refractivity contribution in [3.63, 3.8) is 0 Å². The number of nitrogens with zero attached hydrogens (tertiary/aromatic N) is 4. The number of rotatable bonds is 6. The van der Waals surface area contributed by atoms with E-state index >= 15 is 0 Å². The molecule has 7 heteroatoms. The Hall–Kier alpha value is -4.68. The van der Waals surface area contributed by atoms with Gasteiger partial charge >= 0.3 is 0 Å². The third kappa shape index (κ3) is 8.45. The Bertz CT molecular complexity index is 2800. The summed E-state index contributed by atoms with van der Waals surface area (Å²) in [5, 5.41) is 3.04. The van der Waals surface area contributed by atoms with Crippen LogP contribution in [0.5, 0.6) is 0 Å². The molecule has 0 aliphatic heterocycles. The molecular weight excluding hydrogens is 869 g/mol. The van der Waals surface area contributed by atoms with E-state index in [-0.39, 0.29) is 37.0 Å². The minimum atomic E-state index is -2.16. The van der Waals surface area contributed by atoms with E-state index in [0.717, 1.165) is 55.3 Å². The fraction of sp³-hybridized carbons (Fsp3) is 0.271. The van der Waals surface area contributed by atoms with Crippen LogP contribution < -0.4 is 5.19 Å². The molecule has 8 aromatic rings. The molecule has 0 atom stereocenters. The van der Waals surface area contributed by atoms with E-state index in [4.69, 9.17) is 16.3 Å². The summed E-state index contributed by atoms with van der Waals surface area (Å²) in [5.74, 6) is 0.635. The van der Waals surface area contributed by atoms with Crippen LogP contribution in [0.4, 0.5) is 0 Å². The van der Waals surface area contributed by atoms with E-state index in [1.165, 1.54) is 11.6 Å². The molecule has 0 fully saturated rings. The van der Waals surface area contributed by atoms with Crippen LogP contribution in [0.2, 0.25) is 19.6 Å². The largest absolute Gasteiger partial charge is 0.486 e. The molecule has 0 bridgehead atoms. The minimum Gasteiger partial charge on any atom is -0.486 e. The second-order valence-corrected chi connectivity index (χ2v) is 21.3. The number of pyridine rings is 2. The topological polar surface area (TPSA) is 56.7 Å². The normalized spacial score (nSPS) is 13.7. The molecule has 4 heterocycles. The summed E-state index contributed by atoms with van der Waals surface area (Å²) in [6.45, 7) is 16.8. The molecule has 4 aromatic heterocycles. The Morgan fingerprint density at radius 2 is 1.67 bits per heavy atom. The molecular formula is C48H50IrN4OSi-2. The third-order valence-corrected chi connectivity index (χ3v) is 11.5. The van der Waals surface area contributed by atoms with Gasteiger partial charge in [0.1, 0.15) is 0 Å². The first-order valence-corrected chi connectivity index (χ1v) is 22.0. The van der Waals surface area contributed by atoms with Crippen molar-refractivity contribution in [2.75, 3.05) is 0 Å². The molecule has 0 aliphatic carbocycles. The van der Waals surface area contributed by atoms with E-state index in [9.17, 15) is 0 Å².